The molecule has 3 aromatic rings. The van der Waals surface area contributed by atoms with Gasteiger partial charge in [0.2, 0.25) is 5.91 Å². The maximum atomic E-state index is 12.8. The van der Waals surface area contributed by atoms with E-state index in [0.29, 0.717) is 0 Å². The number of carbonyl (C=O) groups excluding carboxylic acids is 1. The standard InChI is InChI=1S/C25H31N5O/c1-5-22(19-11-9-8-10-12-19)25(31)29-21-15-13-20(14-16-21)28-23-17-24(27-18(4)26-23)30(6-2)7-3/h8-17,22H,5-7H2,1-4H3,(H,29,31)(H,26,27,28). The first-order valence-electron chi connectivity index (χ1n) is 10.9. The van der Waals surface area contributed by atoms with Crippen molar-refractivity contribution >= 4 is 28.9 Å². The van der Waals surface area contributed by atoms with Gasteiger partial charge in [-0.2, -0.15) is 0 Å². The van der Waals surface area contributed by atoms with Crippen molar-refractivity contribution in [1.29, 1.82) is 0 Å². The average molecular weight is 418 g/mol. The fourth-order valence-electron chi connectivity index (χ4n) is 3.60. The van der Waals surface area contributed by atoms with E-state index in [1.54, 1.807) is 0 Å². The zero-order chi connectivity index (χ0) is 22.2. The number of rotatable bonds is 9. The molecule has 0 aliphatic carbocycles. The highest BCUT2D eigenvalue weighted by molar-refractivity contribution is 5.96. The second-order valence-electron chi connectivity index (χ2n) is 7.39. The van der Waals surface area contributed by atoms with Crippen molar-refractivity contribution in [3.8, 4) is 0 Å². The van der Waals surface area contributed by atoms with Crippen LogP contribution < -0.4 is 15.5 Å². The van der Waals surface area contributed by atoms with Crippen LogP contribution in [-0.4, -0.2) is 29.0 Å². The van der Waals surface area contributed by atoms with Crippen LogP contribution in [0.1, 0.15) is 44.5 Å². The first-order valence-corrected chi connectivity index (χ1v) is 10.9. The molecule has 0 saturated heterocycles. The highest BCUT2D eigenvalue weighted by Gasteiger charge is 2.18. The highest BCUT2D eigenvalue weighted by Crippen LogP contribution is 2.24. The van der Waals surface area contributed by atoms with Crippen molar-refractivity contribution < 1.29 is 4.79 Å². The molecule has 0 saturated carbocycles. The van der Waals surface area contributed by atoms with Gasteiger partial charge in [-0.1, -0.05) is 37.3 Å². The molecule has 1 unspecified atom stereocenters. The predicted octanol–water partition coefficient (Wildman–Crippen LogP) is 5.51. The van der Waals surface area contributed by atoms with Crippen LogP contribution in [-0.2, 0) is 4.79 Å². The fraction of sp³-hybridized carbons (Fsp3) is 0.320. The van der Waals surface area contributed by atoms with Crippen LogP contribution >= 0.6 is 0 Å². The monoisotopic (exact) mass is 417 g/mol. The van der Waals surface area contributed by atoms with Gasteiger partial charge in [0.25, 0.3) is 0 Å². The van der Waals surface area contributed by atoms with Crippen LogP contribution in [0.2, 0.25) is 0 Å². The number of benzene rings is 2. The molecule has 1 amide bonds. The summed E-state index contributed by atoms with van der Waals surface area (Å²) in [4.78, 5) is 24.0. The van der Waals surface area contributed by atoms with Crippen LogP contribution in [0, 0.1) is 6.92 Å². The minimum absolute atomic E-state index is 0.00435. The zero-order valence-corrected chi connectivity index (χ0v) is 18.7. The van der Waals surface area contributed by atoms with Gasteiger partial charge in [-0.15, -0.1) is 0 Å². The van der Waals surface area contributed by atoms with Gasteiger partial charge in [-0.05, 0) is 57.0 Å². The highest BCUT2D eigenvalue weighted by atomic mass is 16.1. The summed E-state index contributed by atoms with van der Waals surface area (Å²) in [7, 11) is 0. The minimum atomic E-state index is -0.165. The zero-order valence-electron chi connectivity index (χ0n) is 18.7. The maximum absolute atomic E-state index is 12.8. The third kappa shape index (κ3) is 5.81. The maximum Gasteiger partial charge on any atom is 0.231 e. The van der Waals surface area contributed by atoms with Crippen LogP contribution in [0.25, 0.3) is 0 Å². The van der Waals surface area contributed by atoms with E-state index in [-0.39, 0.29) is 11.8 Å². The van der Waals surface area contributed by atoms with E-state index in [0.717, 1.165) is 53.9 Å². The molecule has 3 rings (SSSR count). The lowest BCUT2D eigenvalue weighted by Crippen LogP contribution is -2.23. The van der Waals surface area contributed by atoms with E-state index in [1.807, 2.05) is 74.5 Å². The Morgan fingerprint density at radius 1 is 0.935 bits per heavy atom. The Bertz CT molecular complexity index is 985. The van der Waals surface area contributed by atoms with Crippen molar-refractivity contribution in [3.63, 3.8) is 0 Å². The lowest BCUT2D eigenvalue weighted by Gasteiger charge is -2.20. The van der Waals surface area contributed by atoms with Gasteiger partial charge in [-0.25, -0.2) is 9.97 Å². The van der Waals surface area contributed by atoms with Crippen molar-refractivity contribution in [2.75, 3.05) is 28.6 Å². The molecule has 1 heterocycles. The average Bonchev–Trinajstić information content (AvgIpc) is 2.77. The molecular weight excluding hydrogens is 386 g/mol. The first-order chi connectivity index (χ1) is 15.0. The summed E-state index contributed by atoms with van der Waals surface area (Å²) in [6, 6.07) is 19.5. The number of hydrogen-bond donors (Lipinski definition) is 2. The van der Waals surface area contributed by atoms with E-state index in [2.05, 4.69) is 39.3 Å². The molecule has 0 aliphatic rings. The molecule has 0 aliphatic heterocycles. The van der Waals surface area contributed by atoms with Crippen molar-refractivity contribution in [3.05, 3.63) is 72.1 Å². The molecular formula is C25H31N5O. The van der Waals surface area contributed by atoms with Crippen LogP contribution in [0.5, 0.6) is 0 Å². The number of nitrogens with zero attached hydrogens (tertiary/aromatic N) is 3. The molecule has 0 radical (unpaired) electrons. The topological polar surface area (TPSA) is 70.2 Å². The molecule has 31 heavy (non-hydrogen) atoms. The molecule has 0 bridgehead atoms. The third-order valence-corrected chi connectivity index (χ3v) is 5.26. The largest absolute Gasteiger partial charge is 0.357 e. The number of hydrogen-bond acceptors (Lipinski definition) is 5. The van der Waals surface area contributed by atoms with Crippen molar-refractivity contribution in [2.24, 2.45) is 0 Å². The Balaban J connectivity index is 1.69. The first kappa shape index (κ1) is 22.3. The quantitative estimate of drug-likeness (QED) is 0.481. The van der Waals surface area contributed by atoms with Gasteiger partial charge in [-0.3, -0.25) is 4.79 Å². The molecule has 2 N–H and O–H groups in total. The number of nitrogens with one attached hydrogen (secondary N) is 2. The summed E-state index contributed by atoms with van der Waals surface area (Å²) in [6.07, 6.45) is 0.747. The Morgan fingerprint density at radius 2 is 1.58 bits per heavy atom. The van der Waals surface area contributed by atoms with Crippen molar-refractivity contribution in [1.82, 2.24) is 9.97 Å². The fourth-order valence-corrected chi connectivity index (χ4v) is 3.60. The van der Waals surface area contributed by atoms with Crippen LogP contribution in [0.15, 0.2) is 60.7 Å². The van der Waals surface area contributed by atoms with Gasteiger partial charge in [0.05, 0.1) is 5.92 Å². The molecule has 2 aromatic carbocycles. The number of aryl methyl sites for hydroxylation is 1. The molecule has 0 fully saturated rings. The van der Waals surface area contributed by atoms with Gasteiger partial charge in [0.15, 0.2) is 0 Å². The molecule has 1 atom stereocenters. The predicted molar refractivity (Wildman–Crippen MR) is 128 cm³/mol. The van der Waals surface area contributed by atoms with E-state index < -0.39 is 0 Å². The van der Waals surface area contributed by atoms with Gasteiger partial charge < -0.3 is 15.5 Å². The van der Waals surface area contributed by atoms with E-state index in [1.165, 1.54) is 0 Å². The molecule has 1 aromatic heterocycles. The minimum Gasteiger partial charge on any atom is -0.357 e. The Kier molecular flexibility index (Phi) is 7.60. The second kappa shape index (κ2) is 10.6. The van der Waals surface area contributed by atoms with Crippen LogP contribution in [0.4, 0.5) is 23.0 Å². The van der Waals surface area contributed by atoms with E-state index >= 15 is 0 Å². The number of carbonyl (C=O) groups is 1. The summed E-state index contributed by atoms with van der Waals surface area (Å²) in [5.41, 5.74) is 2.70. The number of amides is 1. The lowest BCUT2D eigenvalue weighted by atomic mass is 9.95. The lowest BCUT2D eigenvalue weighted by molar-refractivity contribution is -0.117. The summed E-state index contributed by atoms with van der Waals surface area (Å²) < 4.78 is 0. The molecule has 0 spiro atoms. The van der Waals surface area contributed by atoms with Gasteiger partial charge in [0, 0.05) is 30.5 Å². The summed E-state index contributed by atoms with van der Waals surface area (Å²) >= 11 is 0. The Labute approximate surface area is 184 Å². The normalized spacial score (nSPS) is 11.6. The summed E-state index contributed by atoms with van der Waals surface area (Å²) in [5.74, 6) is 2.23. The third-order valence-electron chi connectivity index (χ3n) is 5.26. The van der Waals surface area contributed by atoms with E-state index in [4.69, 9.17) is 0 Å². The number of aromatic nitrogens is 2. The molecule has 6 heteroatoms. The Hall–Kier alpha value is -3.41. The Morgan fingerprint density at radius 3 is 2.19 bits per heavy atom. The summed E-state index contributed by atoms with van der Waals surface area (Å²) in [5, 5.41) is 6.37. The smallest absolute Gasteiger partial charge is 0.231 e. The van der Waals surface area contributed by atoms with Crippen LogP contribution in [0.3, 0.4) is 0 Å². The summed E-state index contributed by atoms with van der Waals surface area (Å²) in [6.45, 7) is 9.93. The van der Waals surface area contributed by atoms with Gasteiger partial charge >= 0.3 is 0 Å². The number of anilines is 4. The van der Waals surface area contributed by atoms with Gasteiger partial charge in [0.1, 0.15) is 17.5 Å². The SMILES string of the molecule is CCC(C(=O)Nc1ccc(Nc2cc(N(CC)CC)nc(C)n2)cc1)c1ccccc1. The molecule has 162 valence electrons. The molecule has 6 nitrogen and oxygen atoms in total. The second-order valence-corrected chi connectivity index (χ2v) is 7.39. The van der Waals surface area contributed by atoms with E-state index in [9.17, 15) is 4.79 Å². The van der Waals surface area contributed by atoms with Crippen molar-refractivity contribution in [2.45, 2.75) is 40.0 Å².